The van der Waals surface area contributed by atoms with Crippen LogP contribution in [0.1, 0.15) is 26.2 Å². The highest BCUT2D eigenvalue weighted by molar-refractivity contribution is 5.77. The van der Waals surface area contributed by atoms with Gasteiger partial charge in [0.1, 0.15) is 6.61 Å². The van der Waals surface area contributed by atoms with Crippen LogP contribution in [0.5, 0.6) is 0 Å². The first kappa shape index (κ1) is 10.5. The van der Waals surface area contributed by atoms with Crippen molar-refractivity contribution in [2.45, 2.75) is 26.2 Å². The fourth-order valence-corrected chi connectivity index (χ4v) is 1.46. The van der Waals surface area contributed by atoms with Crippen molar-refractivity contribution in [3.05, 3.63) is 0 Å². The number of carbonyl (C=O) groups excluding carboxylic acids is 1. The Morgan fingerprint density at radius 3 is 2.69 bits per heavy atom. The van der Waals surface area contributed by atoms with E-state index in [2.05, 4.69) is 0 Å². The summed E-state index contributed by atoms with van der Waals surface area (Å²) in [6.07, 6.45) is 3.90. The summed E-state index contributed by atoms with van der Waals surface area (Å²) >= 11 is 0. The molecule has 1 aliphatic carbocycles. The van der Waals surface area contributed by atoms with Gasteiger partial charge < -0.3 is 9.64 Å². The number of rotatable bonds is 5. The molecule has 13 heavy (non-hydrogen) atoms. The molecule has 76 valence electrons. The molecule has 3 nitrogen and oxygen atoms in total. The lowest BCUT2D eigenvalue weighted by molar-refractivity contribution is -0.135. The van der Waals surface area contributed by atoms with Gasteiger partial charge in [0, 0.05) is 20.2 Å². The lowest BCUT2D eigenvalue weighted by Crippen LogP contribution is -2.36. The van der Waals surface area contributed by atoms with Gasteiger partial charge >= 0.3 is 0 Å². The number of carbonyl (C=O) groups is 1. The maximum absolute atomic E-state index is 11.4. The molecule has 0 radical (unpaired) electrons. The molecule has 1 aliphatic rings. The topological polar surface area (TPSA) is 29.5 Å². The van der Waals surface area contributed by atoms with Gasteiger partial charge in [-0.2, -0.15) is 0 Å². The highest BCUT2D eigenvalue weighted by atomic mass is 16.5. The van der Waals surface area contributed by atoms with Gasteiger partial charge in [0.2, 0.25) is 5.91 Å². The molecule has 0 atom stereocenters. The van der Waals surface area contributed by atoms with E-state index in [1.165, 1.54) is 19.3 Å². The average molecular weight is 185 g/mol. The van der Waals surface area contributed by atoms with Gasteiger partial charge in [-0.1, -0.05) is 6.42 Å². The highest BCUT2D eigenvalue weighted by Crippen LogP contribution is 2.26. The molecular weight excluding hydrogens is 166 g/mol. The fourth-order valence-electron chi connectivity index (χ4n) is 1.46. The fraction of sp³-hybridized carbons (Fsp3) is 0.900. The Hall–Kier alpha value is -0.570. The largest absolute Gasteiger partial charge is 0.372 e. The Morgan fingerprint density at radius 2 is 2.23 bits per heavy atom. The minimum Gasteiger partial charge on any atom is -0.372 e. The zero-order valence-corrected chi connectivity index (χ0v) is 8.58. The molecule has 0 aromatic heterocycles. The predicted octanol–water partition coefficient (Wildman–Crippen LogP) is 1.28. The lowest BCUT2D eigenvalue weighted by atomic mass is 9.85. The van der Waals surface area contributed by atoms with E-state index >= 15 is 0 Å². The zero-order chi connectivity index (χ0) is 9.68. The van der Waals surface area contributed by atoms with Crippen LogP contribution in [0, 0.1) is 5.92 Å². The summed E-state index contributed by atoms with van der Waals surface area (Å²) in [6.45, 7) is 3.66. The summed E-state index contributed by atoms with van der Waals surface area (Å²) in [6, 6.07) is 0. The third kappa shape index (κ3) is 3.35. The van der Waals surface area contributed by atoms with Crippen molar-refractivity contribution >= 4 is 5.91 Å². The van der Waals surface area contributed by atoms with Crippen molar-refractivity contribution in [1.29, 1.82) is 0 Å². The second-order valence-corrected chi connectivity index (χ2v) is 3.71. The number of amides is 1. The third-order valence-electron chi connectivity index (χ3n) is 2.61. The van der Waals surface area contributed by atoms with Crippen LogP contribution in [0.2, 0.25) is 0 Å². The molecule has 0 heterocycles. The minimum atomic E-state index is 0.105. The van der Waals surface area contributed by atoms with Crippen LogP contribution in [0.15, 0.2) is 0 Å². The molecule has 0 bridgehead atoms. The number of nitrogens with zero attached hydrogens (tertiary/aromatic N) is 1. The van der Waals surface area contributed by atoms with E-state index in [1.807, 2.05) is 14.0 Å². The first-order valence-electron chi connectivity index (χ1n) is 5.05. The quantitative estimate of drug-likeness (QED) is 0.645. The zero-order valence-electron chi connectivity index (χ0n) is 8.58. The number of ether oxygens (including phenoxy) is 1. The van der Waals surface area contributed by atoms with Crippen LogP contribution in [-0.2, 0) is 9.53 Å². The highest BCUT2D eigenvalue weighted by Gasteiger charge is 2.20. The van der Waals surface area contributed by atoms with E-state index in [9.17, 15) is 4.79 Å². The standard InChI is InChI=1S/C10H19NO2/c1-3-13-8-10(12)11(2)7-9-5-4-6-9/h9H,3-8H2,1-2H3. The molecule has 0 unspecified atom stereocenters. The van der Waals surface area contributed by atoms with Crippen molar-refractivity contribution < 1.29 is 9.53 Å². The summed E-state index contributed by atoms with van der Waals surface area (Å²) in [7, 11) is 1.86. The van der Waals surface area contributed by atoms with Gasteiger partial charge in [-0.05, 0) is 25.7 Å². The second-order valence-electron chi connectivity index (χ2n) is 3.71. The van der Waals surface area contributed by atoms with Crippen molar-refractivity contribution in [2.24, 2.45) is 5.92 Å². The molecule has 0 saturated heterocycles. The van der Waals surface area contributed by atoms with Gasteiger partial charge in [-0.15, -0.1) is 0 Å². The Kier molecular flexibility index (Phi) is 4.22. The molecule has 1 rings (SSSR count). The molecule has 0 aromatic rings. The summed E-state index contributed by atoms with van der Waals surface area (Å²) in [5.74, 6) is 0.851. The van der Waals surface area contributed by atoms with Gasteiger partial charge in [0.25, 0.3) is 0 Å². The first-order chi connectivity index (χ1) is 6.24. The van der Waals surface area contributed by atoms with E-state index in [-0.39, 0.29) is 12.5 Å². The Bertz CT molecular complexity index is 166. The van der Waals surface area contributed by atoms with Gasteiger partial charge in [-0.25, -0.2) is 0 Å². The van der Waals surface area contributed by atoms with E-state index in [0.717, 1.165) is 12.5 Å². The summed E-state index contributed by atoms with van der Waals surface area (Å²) in [5.41, 5.74) is 0. The van der Waals surface area contributed by atoms with Crippen LogP contribution in [0.25, 0.3) is 0 Å². The van der Waals surface area contributed by atoms with Crippen LogP contribution in [0.3, 0.4) is 0 Å². The number of hydrogen-bond donors (Lipinski definition) is 0. The SMILES string of the molecule is CCOCC(=O)N(C)CC1CCC1. The Morgan fingerprint density at radius 1 is 1.54 bits per heavy atom. The van der Waals surface area contributed by atoms with Crippen molar-refractivity contribution in [3.63, 3.8) is 0 Å². The molecule has 0 aromatic carbocycles. The van der Waals surface area contributed by atoms with Crippen LogP contribution in [0.4, 0.5) is 0 Å². The van der Waals surface area contributed by atoms with E-state index in [0.29, 0.717) is 6.61 Å². The molecule has 3 heteroatoms. The summed E-state index contributed by atoms with van der Waals surface area (Å²) in [4.78, 5) is 13.2. The van der Waals surface area contributed by atoms with E-state index in [4.69, 9.17) is 4.74 Å². The average Bonchev–Trinajstić information content (AvgIpc) is 2.06. The van der Waals surface area contributed by atoms with Crippen molar-refractivity contribution in [2.75, 3.05) is 26.8 Å². The van der Waals surface area contributed by atoms with Crippen LogP contribution in [-0.4, -0.2) is 37.6 Å². The molecule has 1 saturated carbocycles. The van der Waals surface area contributed by atoms with Gasteiger partial charge in [0.15, 0.2) is 0 Å². The van der Waals surface area contributed by atoms with Gasteiger partial charge in [-0.3, -0.25) is 4.79 Å². The van der Waals surface area contributed by atoms with Crippen LogP contribution < -0.4 is 0 Å². The van der Waals surface area contributed by atoms with Crippen LogP contribution >= 0.6 is 0 Å². The normalized spacial score (nSPS) is 16.8. The monoisotopic (exact) mass is 185 g/mol. The van der Waals surface area contributed by atoms with E-state index in [1.54, 1.807) is 4.90 Å². The second kappa shape index (κ2) is 5.22. The minimum absolute atomic E-state index is 0.105. The maximum atomic E-state index is 11.4. The first-order valence-corrected chi connectivity index (χ1v) is 5.05. The smallest absolute Gasteiger partial charge is 0.248 e. The third-order valence-corrected chi connectivity index (χ3v) is 2.61. The summed E-state index contributed by atoms with van der Waals surface area (Å²) < 4.78 is 5.06. The summed E-state index contributed by atoms with van der Waals surface area (Å²) in [5, 5.41) is 0. The Labute approximate surface area is 80.1 Å². The molecule has 1 fully saturated rings. The maximum Gasteiger partial charge on any atom is 0.248 e. The Balaban J connectivity index is 2.13. The molecule has 1 amide bonds. The molecule has 0 aliphatic heterocycles. The van der Waals surface area contributed by atoms with Gasteiger partial charge in [0.05, 0.1) is 0 Å². The van der Waals surface area contributed by atoms with Crippen molar-refractivity contribution in [1.82, 2.24) is 4.90 Å². The molecule has 0 N–H and O–H groups in total. The number of hydrogen-bond acceptors (Lipinski definition) is 2. The number of likely N-dealkylation sites (N-methyl/N-ethyl adjacent to an activating group) is 1. The predicted molar refractivity (Wildman–Crippen MR) is 51.5 cm³/mol. The molecule has 0 spiro atoms. The lowest BCUT2D eigenvalue weighted by Gasteiger charge is -2.30. The van der Waals surface area contributed by atoms with E-state index < -0.39 is 0 Å². The van der Waals surface area contributed by atoms with Crippen molar-refractivity contribution in [3.8, 4) is 0 Å². The molecular formula is C10H19NO2.